The van der Waals surface area contributed by atoms with Crippen molar-refractivity contribution in [2.75, 3.05) is 13.2 Å². The summed E-state index contributed by atoms with van der Waals surface area (Å²) in [7, 11) is 0. The fourth-order valence-corrected chi connectivity index (χ4v) is 4.17. The van der Waals surface area contributed by atoms with E-state index in [1.54, 1.807) is 12.1 Å². The minimum absolute atomic E-state index is 0.176. The SMILES string of the molecule is CC(C)(Cc1ccc2ccccc2c1)NCC(O)COC(c1ccccc1F)C1CC1. The number of benzene rings is 3. The molecule has 4 rings (SSSR count). The first-order valence-electron chi connectivity index (χ1n) is 11.2. The van der Waals surface area contributed by atoms with Gasteiger partial charge in [-0.25, -0.2) is 4.39 Å². The second-order valence-electron chi connectivity index (χ2n) is 9.39. The van der Waals surface area contributed by atoms with Gasteiger partial charge in [0.05, 0.1) is 18.8 Å². The van der Waals surface area contributed by atoms with Crippen LogP contribution in [0, 0.1) is 11.7 Å². The Bertz CT molecular complexity index is 1010. The molecular weight excluding hydrogens is 389 g/mol. The van der Waals surface area contributed by atoms with Crippen LogP contribution in [0.3, 0.4) is 0 Å². The number of aliphatic hydroxyl groups excluding tert-OH is 1. The fraction of sp³-hybridized carbons (Fsp3) is 0.407. The molecule has 1 aliphatic rings. The Balaban J connectivity index is 1.29. The number of β-amino-alcohol motifs (C(OH)–C–C–N with tert-alkyl or cyclic N) is 1. The zero-order valence-corrected chi connectivity index (χ0v) is 18.4. The van der Waals surface area contributed by atoms with Crippen LogP contribution in [-0.4, -0.2) is 29.9 Å². The van der Waals surface area contributed by atoms with Crippen LogP contribution in [-0.2, 0) is 11.2 Å². The highest BCUT2D eigenvalue weighted by atomic mass is 19.1. The van der Waals surface area contributed by atoms with Gasteiger partial charge in [-0.3, -0.25) is 0 Å². The van der Waals surface area contributed by atoms with Crippen LogP contribution in [0.25, 0.3) is 10.8 Å². The number of rotatable bonds is 10. The predicted octanol–water partition coefficient (Wildman–Crippen LogP) is 5.42. The lowest BCUT2D eigenvalue weighted by molar-refractivity contribution is -0.0225. The molecule has 1 aliphatic carbocycles. The lowest BCUT2D eigenvalue weighted by atomic mass is 9.93. The van der Waals surface area contributed by atoms with Crippen LogP contribution in [0.15, 0.2) is 66.7 Å². The van der Waals surface area contributed by atoms with E-state index < -0.39 is 6.10 Å². The highest BCUT2D eigenvalue weighted by Gasteiger charge is 2.35. The average molecular weight is 422 g/mol. The summed E-state index contributed by atoms with van der Waals surface area (Å²) in [5.74, 6) is 0.116. The molecule has 0 aliphatic heterocycles. The molecule has 3 nitrogen and oxygen atoms in total. The van der Waals surface area contributed by atoms with Crippen molar-refractivity contribution in [1.29, 1.82) is 0 Å². The molecule has 1 saturated carbocycles. The molecule has 1 fully saturated rings. The smallest absolute Gasteiger partial charge is 0.129 e. The molecule has 3 aromatic rings. The topological polar surface area (TPSA) is 41.5 Å². The molecule has 2 atom stereocenters. The summed E-state index contributed by atoms with van der Waals surface area (Å²) >= 11 is 0. The second kappa shape index (κ2) is 9.47. The van der Waals surface area contributed by atoms with E-state index in [0.717, 1.165) is 19.3 Å². The molecule has 0 bridgehead atoms. The molecule has 3 aromatic carbocycles. The summed E-state index contributed by atoms with van der Waals surface area (Å²) in [4.78, 5) is 0. The molecule has 31 heavy (non-hydrogen) atoms. The Morgan fingerprint density at radius 3 is 2.48 bits per heavy atom. The number of ether oxygens (including phenoxy) is 1. The highest BCUT2D eigenvalue weighted by Crippen LogP contribution is 2.44. The summed E-state index contributed by atoms with van der Waals surface area (Å²) < 4.78 is 20.2. The van der Waals surface area contributed by atoms with Crippen molar-refractivity contribution < 1.29 is 14.2 Å². The van der Waals surface area contributed by atoms with Gasteiger partial charge in [0.25, 0.3) is 0 Å². The van der Waals surface area contributed by atoms with Crippen molar-refractivity contribution in [3.8, 4) is 0 Å². The zero-order valence-electron chi connectivity index (χ0n) is 18.4. The van der Waals surface area contributed by atoms with Gasteiger partial charge in [-0.15, -0.1) is 0 Å². The van der Waals surface area contributed by atoms with Gasteiger partial charge in [-0.1, -0.05) is 60.7 Å². The van der Waals surface area contributed by atoms with Gasteiger partial charge in [0, 0.05) is 17.6 Å². The number of aliphatic hydroxyl groups is 1. The van der Waals surface area contributed by atoms with Gasteiger partial charge in [0.2, 0.25) is 0 Å². The molecule has 0 radical (unpaired) electrons. The van der Waals surface area contributed by atoms with Crippen molar-refractivity contribution in [2.24, 2.45) is 5.92 Å². The molecule has 2 N–H and O–H groups in total. The first-order valence-corrected chi connectivity index (χ1v) is 11.2. The number of nitrogens with one attached hydrogen (secondary N) is 1. The standard InChI is InChI=1S/C27H32FNO2/c1-27(2,16-19-11-12-20-7-3-4-8-22(20)15-19)29-17-23(30)18-31-26(21-13-14-21)24-9-5-6-10-25(24)28/h3-12,15,21,23,26,29-30H,13-14,16-18H2,1-2H3. The van der Waals surface area contributed by atoms with E-state index >= 15 is 0 Å². The van der Waals surface area contributed by atoms with Crippen molar-refractivity contribution in [1.82, 2.24) is 5.32 Å². The lowest BCUT2D eigenvalue weighted by Gasteiger charge is -2.29. The van der Waals surface area contributed by atoms with Gasteiger partial charge in [0.1, 0.15) is 5.82 Å². The Hall–Kier alpha value is -2.27. The molecule has 4 heteroatoms. The van der Waals surface area contributed by atoms with Crippen molar-refractivity contribution in [2.45, 2.75) is 50.9 Å². The van der Waals surface area contributed by atoms with Gasteiger partial charge < -0.3 is 15.2 Å². The third-order valence-corrected chi connectivity index (χ3v) is 6.01. The van der Waals surface area contributed by atoms with E-state index in [-0.39, 0.29) is 24.1 Å². The van der Waals surface area contributed by atoms with E-state index in [2.05, 4.69) is 61.6 Å². The monoisotopic (exact) mass is 421 g/mol. The Morgan fingerprint density at radius 2 is 1.74 bits per heavy atom. The van der Waals surface area contributed by atoms with Crippen molar-refractivity contribution in [3.05, 3.63) is 83.7 Å². The number of halogens is 1. The Kier molecular flexibility index (Phi) is 6.71. The molecule has 2 unspecified atom stereocenters. The molecule has 0 heterocycles. The third kappa shape index (κ3) is 5.91. The van der Waals surface area contributed by atoms with Crippen LogP contribution >= 0.6 is 0 Å². The molecular formula is C27H32FNO2. The van der Waals surface area contributed by atoms with Gasteiger partial charge >= 0.3 is 0 Å². The summed E-state index contributed by atoms with van der Waals surface area (Å²) in [6, 6.07) is 21.7. The molecule has 0 spiro atoms. The van der Waals surface area contributed by atoms with E-state index in [4.69, 9.17) is 4.74 Å². The maximum absolute atomic E-state index is 14.2. The predicted molar refractivity (Wildman–Crippen MR) is 124 cm³/mol. The zero-order chi connectivity index (χ0) is 21.8. The largest absolute Gasteiger partial charge is 0.389 e. The first-order chi connectivity index (χ1) is 14.9. The molecule has 0 amide bonds. The molecule has 164 valence electrons. The average Bonchev–Trinajstić information content (AvgIpc) is 3.59. The molecule has 0 aromatic heterocycles. The van der Waals surface area contributed by atoms with Crippen molar-refractivity contribution >= 4 is 10.8 Å². The van der Waals surface area contributed by atoms with Gasteiger partial charge in [-0.2, -0.15) is 0 Å². The highest BCUT2D eigenvalue weighted by molar-refractivity contribution is 5.83. The van der Waals surface area contributed by atoms with Crippen LogP contribution in [0.4, 0.5) is 4.39 Å². The van der Waals surface area contributed by atoms with Crippen LogP contribution < -0.4 is 5.32 Å². The van der Waals surface area contributed by atoms with Crippen LogP contribution in [0.5, 0.6) is 0 Å². The quantitative estimate of drug-likeness (QED) is 0.459. The summed E-state index contributed by atoms with van der Waals surface area (Å²) in [5, 5.41) is 16.5. The van der Waals surface area contributed by atoms with E-state index in [9.17, 15) is 9.50 Å². The van der Waals surface area contributed by atoms with Crippen LogP contribution in [0.2, 0.25) is 0 Å². The first kappa shape index (κ1) is 21.9. The Morgan fingerprint density at radius 1 is 1.03 bits per heavy atom. The van der Waals surface area contributed by atoms with E-state index in [1.165, 1.54) is 22.4 Å². The van der Waals surface area contributed by atoms with E-state index in [0.29, 0.717) is 18.0 Å². The minimum Gasteiger partial charge on any atom is -0.389 e. The molecule has 0 saturated heterocycles. The fourth-order valence-electron chi connectivity index (χ4n) is 4.17. The summed E-state index contributed by atoms with van der Waals surface area (Å²) in [6.07, 6.45) is 2.02. The maximum atomic E-state index is 14.2. The van der Waals surface area contributed by atoms with Gasteiger partial charge in [-0.05, 0) is 61.4 Å². The van der Waals surface area contributed by atoms with E-state index in [1.807, 2.05) is 6.07 Å². The summed E-state index contributed by atoms with van der Waals surface area (Å²) in [5.41, 5.74) is 1.68. The van der Waals surface area contributed by atoms with Crippen LogP contribution in [0.1, 0.15) is 43.9 Å². The van der Waals surface area contributed by atoms with Crippen molar-refractivity contribution in [3.63, 3.8) is 0 Å². The normalized spacial score (nSPS) is 16.4. The number of fused-ring (bicyclic) bond motifs is 1. The Labute approximate surface area is 184 Å². The minimum atomic E-state index is -0.649. The number of hydrogen-bond donors (Lipinski definition) is 2. The third-order valence-electron chi connectivity index (χ3n) is 6.01. The lowest BCUT2D eigenvalue weighted by Crippen LogP contribution is -2.46. The van der Waals surface area contributed by atoms with Gasteiger partial charge in [0.15, 0.2) is 0 Å². The summed E-state index contributed by atoms with van der Waals surface area (Å²) in [6.45, 7) is 4.90. The maximum Gasteiger partial charge on any atom is 0.129 e. The second-order valence-corrected chi connectivity index (χ2v) is 9.39. The number of hydrogen-bond acceptors (Lipinski definition) is 3.